The minimum Gasteiger partial charge on any atom is -0.491 e. The molecule has 0 spiro atoms. The zero-order valence-electron chi connectivity index (χ0n) is 15.0. The molecule has 0 aliphatic carbocycles. The molecule has 1 heterocycles. The Hall–Kier alpha value is -2.89. The highest BCUT2D eigenvalue weighted by Crippen LogP contribution is 2.36. The van der Waals surface area contributed by atoms with Crippen molar-refractivity contribution in [2.75, 3.05) is 26.9 Å². The van der Waals surface area contributed by atoms with E-state index in [4.69, 9.17) is 15.9 Å². The van der Waals surface area contributed by atoms with Crippen molar-refractivity contribution in [3.05, 3.63) is 29.3 Å². The Morgan fingerprint density at radius 3 is 2.93 bits per heavy atom. The van der Waals surface area contributed by atoms with Crippen LogP contribution < -0.4 is 10.1 Å². The van der Waals surface area contributed by atoms with Crippen molar-refractivity contribution in [2.45, 2.75) is 25.1 Å². The van der Waals surface area contributed by atoms with Crippen LogP contribution in [-0.2, 0) is 14.3 Å². The van der Waals surface area contributed by atoms with Crippen LogP contribution >= 0.6 is 0 Å². The summed E-state index contributed by atoms with van der Waals surface area (Å²) < 4.78 is 10.6. The van der Waals surface area contributed by atoms with Crippen molar-refractivity contribution in [1.29, 1.82) is 0 Å². The van der Waals surface area contributed by atoms with Gasteiger partial charge in [-0.2, -0.15) is 0 Å². The van der Waals surface area contributed by atoms with Gasteiger partial charge in [-0.25, -0.2) is 0 Å². The highest BCUT2D eigenvalue weighted by Gasteiger charge is 2.42. The van der Waals surface area contributed by atoms with Gasteiger partial charge in [0, 0.05) is 19.0 Å². The van der Waals surface area contributed by atoms with Crippen molar-refractivity contribution in [3.63, 3.8) is 0 Å². The number of hydrogen-bond donors (Lipinski definition) is 2. The highest BCUT2D eigenvalue weighted by molar-refractivity contribution is 6.02. The van der Waals surface area contributed by atoms with Gasteiger partial charge in [0.1, 0.15) is 31.3 Å². The van der Waals surface area contributed by atoms with Crippen LogP contribution in [-0.4, -0.2) is 61.0 Å². The molecule has 0 radical (unpaired) electrons. The largest absolute Gasteiger partial charge is 0.491 e. The first-order valence-corrected chi connectivity index (χ1v) is 8.49. The number of benzene rings is 1. The smallest absolute Gasteiger partial charge is 0.257 e. The molecule has 0 bridgehead atoms. The zero-order chi connectivity index (χ0) is 19.8. The number of aliphatic hydroxyl groups excluding tert-OH is 1. The van der Waals surface area contributed by atoms with Gasteiger partial charge >= 0.3 is 0 Å². The van der Waals surface area contributed by atoms with E-state index in [1.807, 2.05) is 0 Å². The summed E-state index contributed by atoms with van der Waals surface area (Å²) >= 11 is 0. The quantitative estimate of drug-likeness (QED) is 0.346. The SMILES string of the molecule is C#CCOCCOc1ccc2c(c1)C(=O)N(C(CCC=O)C(=O)NC)C2O. The van der Waals surface area contributed by atoms with Crippen LogP contribution in [0.4, 0.5) is 0 Å². The van der Waals surface area contributed by atoms with Crippen LogP contribution in [0, 0.1) is 12.3 Å². The molecule has 2 rings (SSSR count). The highest BCUT2D eigenvalue weighted by atomic mass is 16.5. The summed E-state index contributed by atoms with van der Waals surface area (Å²) in [6, 6.07) is 3.77. The minimum atomic E-state index is -1.27. The number of aliphatic hydroxyl groups is 1. The summed E-state index contributed by atoms with van der Waals surface area (Å²) in [6.07, 6.45) is 4.70. The van der Waals surface area contributed by atoms with E-state index >= 15 is 0 Å². The maximum atomic E-state index is 12.8. The van der Waals surface area contributed by atoms with Crippen LogP contribution in [0.3, 0.4) is 0 Å². The van der Waals surface area contributed by atoms with Gasteiger partial charge in [0.2, 0.25) is 5.91 Å². The van der Waals surface area contributed by atoms with E-state index in [1.54, 1.807) is 12.1 Å². The summed E-state index contributed by atoms with van der Waals surface area (Å²) in [7, 11) is 1.44. The maximum absolute atomic E-state index is 12.8. The molecule has 1 aliphatic heterocycles. The molecule has 1 aromatic carbocycles. The molecule has 0 saturated carbocycles. The zero-order valence-corrected chi connectivity index (χ0v) is 15.0. The van der Waals surface area contributed by atoms with E-state index in [9.17, 15) is 19.5 Å². The molecule has 27 heavy (non-hydrogen) atoms. The number of nitrogens with zero attached hydrogens (tertiary/aromatic N) is 1. The van der Waals surface area contributed by atoms with Crippen LogP contribution in [0.5, 0.6) is 5.75 Å². The Kier molecular flexibility index (Phi) is 7.34. The number of nitrogens with one attached hydrogen (secondary N) is 1. The Labute approximate surface area is 157 Å². The fourth-order valence-electron chi connectivity index (χ4n) is 2.89. The predicted molar refractivity (Wildman–Crippen MR) is 95.9 cm³/mol. The molecule has 2 atom stereocenters. The number of hydrogen-bond acceptors (Lipinski definition) is 6. The lowest BCUT2D eigenvalue weighted by atomic mass is 10.1. The second-order valence-corrected chi connectivity index (χ2v) is 5.81. The van der Waals surface area contributed by atoms with E-state index in [2.05, 4.69) is 11.2 Å². The fraction of sp³-hybridized carbons (Fsp3) is 0.421. The summed E-state index contributed by atoms with van der Waals surface area (Å²) in [5.74, 6) is 1.84. The normalized spacial score (nSPS) is 16.4. The van der Waals surface area contributed by atoms with E-state index in [0.717, 1.165) is 4.90 Å². The Bertz CT molecular complexity index is 742. The lowest BCUT2D eigenvalue weighted by molar-refractivity contribution is -0.129. The second kappa shape index (κ2) is 9.71. The first-order chi connectivity index (χ1) is 13.0. The van der Waals surface area contributed by atoms with Gasteiger partial charge in [0.25, 0.3) is 5.91 Å². The lowest BCUT2D eigenvalue weighted by Crippen LogP contribution is -2.47. The minimum absolute atomic E-state index is 0.0942. The van der Waals surface area contributed by atoms with Crippen LogP contribution in [0.1, 0.15) is 35.0 Å². The molecule has 2 unspecified atom stereocenters. The summed E-state index contributed by atoms with van der Waals surface area (Å²) in [5.41, 5.74) is 0.639. The predicted octanol–water partition coefficient (Wildman–Crippen LogP) is 0.256. The van der Waals surface area contributed by atoms with Crippen LogP contribution in [0.15, 0.2) is 18.2 Å². The third-order valence-corrected chi connectivity index (χ3v) is 4.16. The number of fused-ring (bicyclic) bond motifs is 1. The topological polar surface area (TPSA) is 105 Å². The number of ether oxygens (including phenoxy) is 2. The molecular formula is C19H22N2O6. The Morgan fingerprint density at radius 2 is 2.26 bits per heavy atom. The third-order valence-electron chi connectivity index (χ3n) is 4.16. The van der Waals surface area contributed by atoms with Crippen LogP contribution in [0.2, 0.25) is 0 Å². The average Bonchev–Trinajstić information content (AvgIpc) is 2.92. The summed E-state index contributed by atoms with van der Waals surface area (Å²) in [6.45, 7) is 0.740. The molecular weight excluding hydrogens is 352 g/mol. The molecule has 144 valence electrons. The monoisotopic (exact) mass is 374 g/mol. The van der Waals surface area contributed by atoms with Gasteiger partial charge in [-0.15, -0.1) is 6.42 Å². The summed E-state index contributed by atoms with van der Waals surface area (Å²) in [4.78, 5) is 36.7. The number of carbonyl (C=O) groups excluding carboxylic acids is 3. The molecule has 0 aromatic heterocycles. The van der Waals surface area contributed by atoms with Gasteiger partial charge in [0.05, 0.1) is 12.2 Å². The lowest BCUT2D eigenvalue weighted by Gasteiger charge is -2.29. The van der Waals surface area contributed by atoms with Crippen molar-refractivity contribution in [2.24, 2.45) is 0 Å². The van der Waals surface area contributed by atoms with E-state index in [0.29, 0.717) is 24.2 Å². The molecule has 1 aliphatic rings. The first kappa shape index (κ1) is 20.4. The second-order valence-electron chi connectivity index (χ2n) is 5.81. The van der Waals surface area contributed by atoms with Gasteiger partial charge in [-0.3, -0.25) is 14.5 Å². The Morgan fingerprint density at radius 1 is 1.48 bits per heavy atom. The van der Waals surface area contributed by atoms with Gasteiger partial charge in [0.15, 0.2) is 6.23 Å². The molecule has 2 amide bonds. The van der Waals surface area contributed by atoms with Gasteiger partial charge in [-0.05, 0) is 18.6 Å². The number of carbonyl (C=O) groups is 3. The average molecular weight is 374 g/mol. The first-order valence-electron chi connectivity index (χ1n) is 8.49. The standard InChI is InChI=1S/C19H22N2O6/c1-3-9-26-10-11-27-13-6-7-14-15(12-13)19(25)21(18(14)24)16(5-4-8-22)17(23)20-2/h1,6-8,12,16,18,24H,4-5,9-11H2,2H3,(H,20,23). The van der Waals surface area contributed by atoms with Crippen molar-refractivity contribution in [1.82, 2.24) is 10.2 Å². The molecule has 8 nitrogen and oxygen atoms in total. The summed E-state index contributed by atoms with van der Waals surface area (Å²) in [5, 5.41) is 13.0. The van der Waals surface area contributed by atoms with Crippen LogP contribution in [0.25, 0.3) is 0 Å². The molecule has 8 heteroatoms. The van der Waals surface area contributed by atoms with E-state index in [-0.39, 0.29) is 31.6 Å². The maximum Gasteiger partial charge on any atom is 0.257 e. The van der Waals surface area contributed by atoms with Crippen molar-refractivity contribution >= 4 is 18.1 Å². The van der Waals surface area contributed by atoms with E-state index < -0.39 is 24.1 Å². The molecule has 2 N–H and O–H groups in total. The number of aldehydes is 1. The van der Waals surface area contributed by atoms with Gasteiger partial charge in [-0.1, -0.05) is 12.0 Å². The molecule has 0 fully saturated rings. The number of likely N-dealkylation sites (N-methyl/N-ethyl adjacent to an activating group) is 1. The van der Waals surface area contributed by atoms with Crippen molar-refractivity contribution < 1.29 is 29.0 Å². The number of terminal acetylenes is 1. The van der Waals surface area contributed by atoms with Gasteiger partial charge < -0.3 is 24.7 Å². The fourth-order valence-corrected chi connectivity index (χ4v) is 2.89. The molecule has 1 aromatic rings. The number of amides is 2. The number of rotatable bonds is 10. The Balaban J connectivity index is 2.15. The van der Waals surface area contributed by atoms with E-state index in [1.165, 1.54) is 13.1 Å². The third kappa shape index (κ3) is 4.64. The molecule has 0 saturated heterocycles. The van der Waals surface area contributed by atoms with Crippen molar-refractivity contribution in [3.8, 4) is 18.1 Å².